The summed E-state index contributed by atoms with van der Waals surface area (Å²) in [6.45, 7) is 6.05. The van der Waals surface area contributed by atoms with Crippen LogP contribution in [0, 0.1) is 13.8 Å². The Labute approximate surface area is 112 Å². The highest BCUT2D eigenvalue weighted by Crippen LogP contribution is 2.19. The van der Waals surface area contributed by atoms with Crippen LogP contribution in [0.4, 0.5) is 0 Å². The summed E-state index contributed by atoms with van der Waals surface area (Å²) in [6.07, 6.45) is 4.52. The summed E-state index contributed by atoms with van der Waals surface area (Å²) >= 11 is 0. The summed E-state index contributed by atoms with van der Waals surface area (Å²) in [7, 11) is 0. The van der Waals surface area contributed by atoms with E-state index in [9.17, 15) is 4.79 Å². The lowest BCUT2D eigenvalue weighted by atomic mass is 10.00. The van der Waals surface area contributed by atoms with Crippen LogP contribution >= 0.6 is 0 Å². The number of aromatic nitrogens is 2. The standard InChI is InChI=1S/C15H17N3O/c1-10-4-5-11(2)13(8-10)12(3)18-15(19)14-9-16-6-7-17-14/h4-9,12H,1-3H3,(H,18,19)/t12-/m1/s1. The molecule has 2 rings (SSSR count). The minimum Gasteiger partial charge on any atom is -0.344 e. The molecular formula is C15H17N3O. The number of carbonyl (C=O) groups excluding carboxylic acids is 1. The van der Waals surface area contributed by atoms with Gasteiger partial charge in [-0.15, -0.1) is 0 Å². The first-order valence-corrected chi connectivity index (χ1v) is 6.22. The van der Waals surface area contributed by atoms with E-state index >= 15 is 0 Å². The monoisotopic (exact) mass is 255 g/mol. The Morgan fingerprint density at radius 2 is 2.05 bits per heavy atom. The molecular weight excluding hydrogens is 238 g/mol. The molecule has 1 heterocycles. The molecule has 0 radical (unpaired) electrons. The fraction of sp³-hybridized carbons (Fsp3) is 0.267. The van der Waals surface area contributed by atoms with Crippen molar-refractivity contribution in [2.45, 2.75) is 26.8 Å². The number of hydrogen-bond acceptors (Lipinski definition) is 3. The van der Waals surface area contributed by atoms with Crippen molar-refractivity contribution in [1.82, 2.24) is 15.3 Å². The highest BCUT2D eigenvalue weighted by Gasteiger charge is 2.14. The normalized spacial score (nSPS) is 11.9. The highest BCUT2D eigenvalue weighted by atomic mass is 16.1. The third-order valence-corrected chi connectivity index (χ3v) is 3.04. The van der Waals surface area contributed by atoms with Crippen LogP contribution in [-0.2, 0) is 0 Å². The molecule has 1 atom stereocenters. The smallest absolute Gasteiger partial charge is 0.271 e. The maximum Gasteiger partial charge on any atom is 0.271 e. The third-order valence-electron chi connectivity index (χ3n) is 3.04. The van der Waals surface area contributed by atoms with E-state index < -0.39 is 0 Å². The Morgan fingerprint density at radius 3 is 2.74 bits per heavy atom. The van der Waals surface area contributed by atoms with Gasteiger partial charge in [0, 0.05) is 12.4 Å². The van der Waals surface area contributed by atoms with E-state index in [0.29, 0.717) is 5.69 Å². The van der Waals surface area contributed by atoms with Crippen LogP contribution in [0.15, 0.2) is 36.8 Å². The zero-order valence-corrected chi connectivity index (χ0v) is 11.3. The summed E-state index contributed by atoms with van der Waals surface area (Å²) in [5.41, 5.74) is 3.80. The summed E-state index contributed by atoms with van der Waals surface area (Å²) in [4.78, 5) is 19.9. The van der Waals surface area contributed by atoms with Crippen LogP contribution < -0.4 is 5.32 Å². The molecule has 0 aliphatic carbocycles. The molecule has 4 nitrogen and oxygen atoms in total. The van der Waals surface area contributed by atoms with Gasteiger partial charge in [-0.1, -0.05) is 23.8 Å². The summed E-state index contributed by atoms with van der Waals surface area (Å²) in [5, 5.41) is 2.94. The van der Waals surface area contributed by atoms with Gasteiger partial charge in [0.05, 0.1) is 12.2 Å². The Bertz CT molecular complexity index is 581. The molecule has 4 heteroatoms. The van der Waals surface area contributed by atoms with Gasteiger partial charge in [-0.05, 0) is 31.9 Å². The van der Waals surface area contributed by atoms with Crippen molar-refractivity contribution >= 4 is 5.91 Å². The van der Waals surface area contributed by atoms with Crippen molar-refractivity contribution in [2.24, 2.45) is 0 Å². The highest BCUT2D eigenvalue weighted by molar-refractivity contribution is 5.92. The zero-order valence-electron chi connectivity index (χ0n) is 11.3. The fourth-order valence-electron chi connectivity index (χ4n) is 1.99. The van der Waals surface area contributed by atoms with E-state index in [1.807, 2.05) is 20.8 Å². The van der Waals surface area contributed by atoms with Gasteiger partial charge >= 0.3 is 0 Å². The molecule has 0 saturated carbocycles. The maximum absolute atomic E-state index is 12.0. The number of rotatable bonds is 3. The van der Waals surface area contributed by atoms with Gasteiger partial charge in [-0.2, -0.15) is 0 Å². The van der Waals surface area contributed by atoms with E-state index in [-0.39, 0.29) is 11.9 Å². The SMILES string of the molecule is Cc1ccc(C)c([C@@H](C)NC(=O)c2cnccn2)c1. The van der Waals surface area contributed by atoms with Gasteiger partial charge in [0.15, 0.2) is 0 Å². The van der Waals surface area contributed by atoms with Crippen molar-refractivity contribution in [3.05, 3.63) is 59.2 Å². The predicted octanol–water partition coefficient (Wildman–Crippen LogP) is 2.58. The number of nitrogens with zero attached hydrogens (tertiary/aromatic N) is 2. The first-order chi connectivity index (χ1) is 9.08. The molecule has 98 valence electrons. The van der Waals surface area contributed by atoms with Crippen LogP contribution in [0.1, 0.15) is 40.1 Å². The molecule has 0 unspecified atom stereocenters. The first kappa shape index (κ1) is 13.2. The van der Waals surface area contributed by atoms with Crippen LogP contribution in [0.5, 0.6) is 0 Å². The topological polar surface area (TPSA) is 54.9 Å². The number of nitrogens with one attached hydrogen (secondary N) is 1. The van der Waals surface area contributed by atoms with E-state index in [2.05, 4.69) is 33.5 Å². The van der Waals surface area contributed by atoms with Crippen molar-refractivity contribution < 1.29 is 4.79 Å². The minimum absolute atomic E-state index is 0.0607. The molecule has 1 aromatic carbocycles. The van der Waals surface area contributed by atoms with Crippen LogP contribution in [0.3, 0.4) is 0 Å². The van der Waals surface area contributed by atoms with Gasteiger partial charge in [-0.3, -0.25) is 9.78 Å². The van der Waals surface area contributed by atoms with E-state index in [0.717, 1.165) is 11.1 Å². The lowest BCUT2D eigenvalue weighted by molar-refractivity contribution is 0.0934. The molecule has 1 N–H and O–H groups in total. The van der Waals surface area contributed by atoms with E-state index in [1.54, 1.807) is 6.20 Å². The van der Waals surface area contributed by atoms with Crippen molar-refractivity contribution in [1.29, 1.82) is 0 Å². The fourth-order valence-corrected chi connectivity index (χ4v) is 1.99. The molecule has 1 aromatic heterocycles. The molecule has 2 aromatic rings. The Balaban J connectivity index is 2.15. The molecule has 0 aliphatic heterocycles. The summed E-state index contributed by atoms with van der Waals surface area (Å²) in [5.74, 6) is -0.207. The second kappa shape index (κ2) is 5.61. The number of hydrogen-bond donors (Lipinski definition) is 1. The largest absolute Gasteiger partial charge is 0.344 e. The van der Waals surface area contributed by atoms with Crippen LogP contribution in [-0.4, -0.2) is 15.9 Å². The lowest BCUT2D eigenvalue weighted by Gasteiger charge is -2.17. The molecule has 0 bridgehead atoms. The average Bonchev–Trinajstić information content (AvgIpc) is 2.42. The van der Waals surface area contributed by atoms with Gasteiger partial charge in [-0.25, -0.2) is 4.98 Å². The molecule has 0 aliphatic rings. The van der Waals surface area contributed by atoms with Gasteiger partial charge in [0.1, 0.15) is 5.69 Å². The van der Waals surface area contributed by atoms with Gasteiger partial charge in [0.25, 0.3) is 5.91 Å². The predicted molar refractivity (Wildman–Crippen MR) is 73.8 cm³/mol. The second-order valence-electron chi connectivity index (χ2n) is 4.65. The Kier molecular flexibility index (Phi) is 3.90. The number of aryl methyl sites for hydroxylation is 2. The minimum atomic E-state index is -0.207. The van der Waals surface area contributed by atoms with E-state index in [1.165, 1.54) is 18.0 Å². The first-order valence-electron chi connectivity index (χ1n) is 6.22. The molecule has 0 spiro atoms. The Morgan fingerprint density at radius 1 is 1.26 bits per heavy atom. The molecule has 19 heavy (non-hydrogen) atoms. The molecule has 0 saturated heterocycles. The lowest BCUT2D eigenvalue weighted by Crippen LogP contribution is -2.28. The molecule has 0 fully saturated rings. The molecule has 1 amide bonds. The Hall–Kier alpha value is -2.23. The van der Waals surface area contributed by atoms with Gasteiger partial charge < -0.3 is 5.32 Å². The quantitative estimate of drug-likeness (QED) is 0.917. The van der Waals surface area contributed by atoms with Crippen molar-refractivity contribution in [3.63, 3.8) is 0 Å². The second-order valence-corrected chi connectivity index (χ2v) is 4.65. The summed E-state index contributed by atoms with van der Waals surface area (Å²) in [6, 6.07) is 6.16. The van der Waals surface area contributed by atoms with E-state index in [4.69, 9.17) is 0 Å². The van der Waals surface area contributed by atoms with Crippen LogP contribution in [0.25, 0.3) is 0 Å². The average molecular weight is 255 g/mol. The van der Waals surface area contributed by atoms with Crippen molar-refractivity contribution in [2.75, 3.05) is 0 Å². The third kappa shape index (κ3) is 3.16. The van der Waals surface area contributed by atoms with Crippen molar-refractivity contribution in [3.8, 4) is 0 Å². The summed E-state index contributed by atoms with van der Waals surface area (Å²) < 4.78 is 0. The maximum atomic E-state index is 12.0. The number of benzene rings is 1. The van der Waals surface area contributed by atoms with Crippen LogP contribution in [0.2, 0.25) is 0 Å². The zero-order chi connectivity index (χ0) is 13.8. The van der Waals surface area contributed by atoms with Gasteiger partial charge in [0.2, 0.25) is 0 Å². The number of amides is 1. The number of carbonyl (C=O) groups is 1.